The second-order valence-corrected chi connectivity index (χ2v) is 9.26. The average molecular weight is 366 g/mol. The van der Waals surface area contributed by atoms with Crippen LogP contribution in [0.5, 0.6) is 0 Å². The maximum absolute atomic E-state index is 13.0. The highest BCUT2D eigenvalue weighted by Gasteiger charge is 2.29. The van der Waals surface area contributed by atoms with Gasteiger partial charge in [0.15, 0.2) is 0 Å². The lowest BCUT2D eigenvalue weighted by Crippen LogP contribution is -2.35. The minimum atomic E-state index is -3.97. The Labute approximate surface area is 142 Å². The van der Waals surface area contributed by atoms with E-state index in [9.17, 15) is 16.8 Å². The lowest BCUT2D eigenvalue weighted by atomic mass is 10.0. The molecule has 0 atom stereocenters. The Bertz CT molecular complexity index is 998. The molecule has 2 aromatic carbocycles. The zero-order valence-electron chi connectivity index (χ0n) is 13.1. The average Bonchev–Trinajstić information content (AvgIpc) is 2.53. The van der Waals surface area contributed by atoms with Gasteiger partial charge in [-0.25, -0.2) is 22.0 Å². The van der Waals surface area contributed by atoms with Crippen molar-refractivity contribution in [1.82, 2.24) is 0 Å². The number of hydrogen-bond donors (Lipinski definition) is 1. The number of sulfonamides is 2. The molecule has 0 fully saturated rings. The summed E-state index contributed by atoms with van der Waals surface area (Å²) >= 11 is 0. The van der Waals surface area contributed by atoms with Crippen molar-refractivity contribution in [3.05, 3.63) is 53.6 Å². The molecule has 2 N–H and O–H groups in total. The van der Waals surface area contributed by atoms with Gasteiger partial charge in [0, 0.05) is 6.54 Å². The number of nitrogens with two attached hydrogens (primary N) is 1. The molecule has 0 spiro atoms. The number of hydrogen-bond acceptors (Lipinski definition) is 4. The molecule has 24 heavy (non-hydrogen) atoms. The van der Waals surface area contributed by atoms with E-state index in [2.05, 4.69) is 0 Å². The maximum atomic E-state index is 13.0. The van der Waals surface area contributed by atoms with Gasteiger partial charge in [-0.1, -0.05) is 23.8 Å². The van der Waals surface area contributed by atoms with Crippen molar-refractivity contribution >= 4 is 25.7 Å². The number of anilines is 1. The van der Waals surface area contributed by atoms with Gasteiger partial charge in [0.05, 0.1) is 15.5 Å². The van der Waals surface area contributed by atoms with Gasteiger partial charge >= 0.3 is 0 Å². The molecule has 0 saturated carbocycles. The van der Waals surface area contributed by atoms with Crippen LogP contribution in [0.1, 0.15) is 17.5 Å². The van der Waals surface area contributed by atoms with E-state index in [1.54, 1.807) is 6.07 Å². The van der Waals surface area contributed by atoms with Gasteiger partial charge in [-0.2, -0.15) is 0 Å². The number of aryl methyl sites for hydroxylation is 2. The Hall–Kier alpha value is -1.90. The first-order valence-electron chi connectivity index (χ1n) is 7.45. The van der Waals surface area contributed by atoms with Gasteiger partial charge in [0.25, 0.3) is 10.0 Å². The van der Waals surface area contributed by atoms with E-state index in [4.69, 9.17) is 5.14 Å². The molecular formula is C16H18N2O4S2. The Kier molecular flexibility index (Phi) is 4.15. The highest BCUT2D eigenvalue weighted by Crippen LogP contribution is 2.32. The van der Waals surface area contributed by atoms with Gasteiger partial charge in [0.1, 0.15) is 0 Å². The van der Waals surface area contributed by atoms with Gasteiger partial charge in [-0.05, 0) is 49.6 Å². The van der Waals surface area contributed by atoms with Crippen molar-refractivity contribution in [2.45, 2.75) is 29.6 Å². The molecule has 1 aliphatic heterocycles. The van der Waals surface area contributed by atoms with Crippen LogP contribution in [0.15, 0.2) is 52.3 Å². The molecule has 0 aromatic heterocycles. The summed E-state index contributed by atoms with van der Waals surface area (Å²) in [6, 6.07) is 10.8. The van der Waals surface area contributed by atoms with E-state index in [0.717, 1.165) is 23.6 Å². The van der Waals surface area contributed by atoms with Crippen LogP contribution in [0.25, 0.3) is 0 Å². The van der Waals surface area contributed by atoms with E-state index < -0.39 is 20.0 Å². The molecule has 0 radical (unpaired) electrons. The fourth-order valence-electron chi connectivity index (χ4n) is 2.88. The molecule has 1 heterocycles. The fraction of sp³-hybridized carbons (Fsp3) is 0.250. The second-order valence-electron chi connectivity index (χ2n) is 5.83. The topological polar surface area (TPSA) is 97.5 Å². The quantitative estimate of drug-likeness (QED) is 0.895. The fourth-order valence-corrected chi connectivity index (χ4v) is 5.10. The molecule has 3 rings (SSSR count). The summed E-state index contributed by atoms with van der Waals surface area (Å²) in [5.41, 5.74) is 2.70. The molecule has 0 unspecified atom stereocenters. The van der Waals surface area contributed by atoms with Crippen LogP contribution >= 0.6 is 0 Å². The summed E-state index contributed by atoms with van der Waals surface area (Å²) in [5, 5.41) is 5.10. The summed E-state index contributed by atoms with van der Waals surface area (Å²) in [7, 11) is -7.82. The molecule has 8 heteroatoms. The lowest BCUT2D eigenvalue weighted by Gasteiger charge is -2.30. The number of fused-ring (bicyclic) bond motifs is 1. The number of rotatable bonds is 3. The number of benzene rings is 2. The van der Waals surface area contributed by atoms with Crippen molar-refractivity contribution in [2.75, 3.05) is 10.8 Å². The maximum Gasteiger partial charge on any atom is 0.264 e. The van der Waals surface area contributed by atoms with Crippen molar-refractivity contribution in [3.8, 4) is 0 Å². The molecule has 6 nitrogen and oxygen atoms in total. The first-order valence-corrected chi connectivity index (χ1v) is 10.4. The molecule has 128 valence electrons. The van der Waals surface area contributed by atoms with Crippen LogP contribution in [-0.2, 0) is 26.5 Å². The van der Waals surface area contributed by atoms with Crippen molar-refractivity contribution in [1.29, 1.82) is 0 Å². The van der Waals surface area contributed by atoms with Crippen molar-refractivity contribution in [2.24, 2.45) is 5.14 Å². The molecule has 1 aliphatic rings. The molecule has 0 saturated heterocycles. The van der Waals surface area contributed by atoms with Crippen molar-refractivity contribution in [3.63, 3.8) is 0 Å². The van der Waals surface area contributed by atoms with Crippen LogP contribution in [0.3, 0.4) is 0 Å². The first kappa shape index (κ1) is 16.9. The minimum Gasteiger partial charge on any atom is -0.266 e. The summed E-state index contributed by atoms with van der Waals surface area (Å²) in [6.45, 7) is 2.32. The number of primary sulfonamides is 1. The van der Waals surface area contributed by atoms with Crippen LogP contribution in [-0.4, -0.2) is 23.4 Å². The molecule has 0 bridgehead atoms. The van der Waals surface area contributed by atoms with Crippen LogP contribution in [0.4, 0.5) is 5.69 Å². The third-order valence-corrected chi connectivity index (χ3v) is 6.75. The monoisotopic (exact) mass is 366 g/mol. The second kappa shape index (κ2) is 5.87. The van der Waals surface area contributed by atoms with E-state index in [1.807, 2.05) is 19.1 Å². The Balaban J connectivity index is 2.11. The Morgan fingerprint density at radius 1 is 1.00 bits per heavy atom. The van der Waals surface area contributed by atoms with Crippen molar-refractivity contribution < 1.29 is 16.8 Å². The highest BCUT2D eigenvalue weighted by molar-refractivity contribution is 7.93. The highest BCUT2D eigenvalue weighted by atomic mass is 32.2. The van der Waals surface area contributed by atoms with Gasteiger partial charge in [-0.3, -0.25) is 4.31 Å². The largest absolute Gasteiger partial charge is 0.266 e. The van der Waals surface area contributed by atoms with Gasteiger partial charge in [-0.15, -0.1) is 0 Å². The summed E-state index contributed by atoms with van der Waals surface area (Å²) < 4.78 is 50.3. The van der Waals surface area contributed by atoms with Gasteiger partial charge in [0.2, 0.25) is 10.0 Å². The minimum absolute atomic E-state index is 0.0811. The van der Waals surface area contributed by atoms with E-state index >= 15 is 0 Å². The van der Waals surface area contributed by atoms with E-state index in [-0.39, 0.29) is 9.79 Å². The van der Waals surface area contributed by atoms with Crippen LogP contribution < -0.4 is 9.44 Å². The Morgan fingerprint density at radius 2 is 1.71 bits per heavy atom. The molecule has 0 aliphatic carbocycles. The lowest BCUT2D eigenvalue weighted by molar-refractivity contribution is 0.586. The third-order valence-electron chi connectivity index (χ3n) is 4.03. The molecule has 2 aromatic rings. The summed E-state index contributed by atoms with van der Waals surface area (Å²) in [6.07, 6.45) is 1.53. The predicted molar refractivity (Wildman–Crippen MR) is 91.8 cm³/mol. The SMILES string of the molecule is Cc1ccc2c(c1)CCCN2S(=O)(=O)c1cccc(S(N)(=O)=O)c1. The standard InChI is InChI=1S/C16H18N2O4S2/c1-12-7-8-16-13(10-12)4-3-9-18(16)24(21,22)15-6-2-5-14(11-15)23(17,19)20/h2,5-8,10-11H,3-4,9H2,1H3,(H2,17,19,20). The zero-order chi connectivity index (χ0) is 17.5. The predicted octanol–water partition coefficient (Wildman–Crippen LogP) is 1.78. The van der Waals surface area contributed by atoms with Crippen LogP contribution in [0.2, 0.25) is 0 Å². The zero-order valence-corrected chi connectivity index (χ0v) is 14.8. The van der Waals surface area contributed by atoms with Gasteiger partial charge < -0.3 is 0 Å². The summed E-state index contributed by atoms with van der Waals surface area (Å²) in [5.74, 6) is 0. The number of nitrogens with zero attached hydrogens (tertiary/aromatic N) is 1. The Morgan fingerprint density at radius 3 is 2.42 bits per heavy atom. The third kappa shape index (κ3) is 3.04. The normalized spacial score (nSPS) is 15.2. The van der Waals surface area contributed by atoms with Crippen LogP contribution in [0, 0.1) is 6.92 Å². The molecule has 0 amide bonds. The summed E-state index contributed by atoms with van der Waals surface area (Å²) in [4.78, 5) is -0.299. The molecular weight excluding hydrogens is 348 g/mol. The smallest absolute Gasteiger partial charge is 0.264 e. The van der Waals surface area contributed by atoms with E-state index in [0.29, 0.717) is 18.7 Å². The van der Waals surface area contributed by atoms with E-state index in [1.165, 1.54) is 22.5 Å². The first-order chi connectivity index (χ1) is 11.2.